The monoisotopic (exact) mass is 234 g/mol. The maximum Gasteiger partial charge on any atom is 0.166 e. The van der Waals surface area contributed by atoms with Crippen LogP contribution in [-0.2, 0) is 6.54 Å². The number of thiocarbonyl (C=S) groups is 1. The number of rotatable bonds is 3. The van der Waals surface area contributed by atoms with Crippen molar-refractivity contribution in [3.05, 3.63) is 35.9 Å². The Bertz CT molecular complexity index is 331. The average molecular weight is 234 g/mol. The molecule has 1 aromatic rings. The van der Waals surface area contributed by atoms with Gasteiger partial charge in [-0.15, -0.1) is 0 Å². The third-order valence-corrected chi connectivity index (χ3v) is 3.25. The molecule has 1 aromatic carbocycles. The summed E-state index contributed by atoms with van der Waals surface area (Å²) in [5.74, 6) is 0. The number of benzene rings is 1. The summed E-state index contributed by atoms with van der Waals surface area (Å²) >= 11 is 5.27. The zero-order valence-electron chi connectivity index (χ0n) is 9.41. The molecule has 1 aliphatic carbocycles. The number of hydrogen-bond acceptors (Lipinski definition) is 1. The molecular formula is C13H18N2S. The van der Waals surface area contributed by atoms with Crippen LogP contribution >= 0.6 is 12.2 Å². The van der Waals surface area contributed by atoms with Crippen LogP contribution in [0.15, 0.2) is 30.3 Å². The van der Waals surface area contributed by atoms with Crippen LogP contribution in [0.3, 0.4) is 0 Å². The van der Waals surface area contributed by atoms with Crippen LogP contribution in [0, 0.1) is 0 Å². The van der Waals surface area contributed by atoms with Gasteiger partial charge in [0.2, 0.25) is 0 Å². The average Bonchev–Trinajstić information content (AvgIpc) is 2.81. The number of nitrogens with one attached hydrogen (secondary N) is 2. The van der Waals surface area contributed by atoms with Gasteiger partial charge in [-0.1, -0.05) is 43.2 Å². The third kappa shape index (κ3) is 3.49. The second kappa shape index (κ2) is 5.85. The number of hydrogen-bond donors (Lipinski definition) is 2. The van der Waals surface area contributed by atoms with Crippen molar-refractivity contribution in [1.29, 1.82) is 0 Å². The first-order valence-electron chi connectivity index (χ1n) is 5.93. The van der Waals surface area contributed by atoms with E-state index in [1.165, 1.54) is 31.2 Å². The van der Waals surface area contributed by atoms with Crippen molar-refractivity contribution < 1.29 is 0 Å². The lowest BCUT2D eigenvalue weighted by Gasteiger charge is -2.15. The van der Waals surface area contributed by atoms with Gasteiger partial charge in [-0.25, -0.2) is 0 Å². The van der Waals surface area contributed by atoms with Crippen LogP contribution in [0.4, 0.5) is 0 Å². The van der Waals surface area contributed by atoms with Gasteiger partial charge in [0.15, 0.2) is 5.11 Å². The standard InChI is InChI=1S/C13H18N2S/c16-13(15-12-8-4-5-9-12)14-10-11-6-2-1-3-7-11/h1-3,6-7,12H,4-5,8-10H2,(H2,14,15,16). The summed E-state index contributed by atoms with van der Waals surface area (Å²) in [6, 6.07) is 10.9. The zero-order valence-corrected chi connectivity index (χ0v) is 10.2. The van der Waals surface area contributed by atoms with E-state index in [2.05, 4.69) is 22.8 Å². The highest BCUT2D eigenvalue weighted by atomic mass is 32.1. The molecule has 0 unspecified atom stereocenters. The molecule has 0 radical (unpaired) electrons. The van der Waals surface area contributed by atoms with Gasteiger partial charge >= 0.3 is 0 Å². The van der Waals surface area contributed by atoms with Gasteiger partial charge in [0.25, 0.3) is 0 Å². The van der Waals surface area contributed by atoms with Crippen molar-refractivity contribution in [3.8, 4) is 0 Å². The van der Waals surface area contributed by atoms with Crippen molar-refractivity contribution in [1.82, 2.24) is 10.6 Å². The molecule has 0 amide bonds. The molecule has 3 heteroatoms. The Kier molecular flexibility index (Phi) is 4.17. The topological polar surface area (TPSA) is 24.1 Å². The van der Waals surface area contributed by atoms with E-state index in [-0.39, 0.29) is 0 Å². The fourth-order valence-corrected chi connectivity index (χ4v) is 2.32. The minimum absolute atomic E-state index is 0.593. The summed E-state index contributed by atoms with van der Waals surface area (Å²) in [5, 5.41) is 7.40. The highest BCUT2D eigenvalue weighted by Crippen LogP contribution is 2.17. The van der Waals surface area contributed by atoms with E-state index in [1.54, 1.807) is 0 Å². The van der Waals surface area contributed by atoms with E-state index in [1.807, 2.05) is 18.2 Å². The minimum atomic E-state index is 0.593. The highest BCUT2D eigenvalue weighted by Gasteiger charge is 2.14. The zero-order chi connectivity index (χ0) is 11.2. The van der Waals surface area contributed by atoms with Crippen molar-refractivity contribution in [2.24, 2.45) is 0 Å². The van der Waals surface area contributed by atoms with Crippen molar-refractivity contribution in [3.63, 3.8) is 0 Å². The lowest BCUT2D eigenvalue weighted by atomic mass is 10.2. The highest BCUT2D eigenvalue weighted by molar-refractivity contribution is 7.80. The van der Waals surface area contributed by atoms with Crippen LogP contribution in [0.2, 0.25) is 0 Å². The van der Waals surface area contributed by atoms with Crippen molar-refractivity contribution in [2.75, 3.05) is 0 Å². The third-order valence-electron chi connectivity index (χ3n) is 2.99. The first kappa shape index (κ1) is 11.4. The van der Waals surface area contributed by atoms with Crippen LogP contribution in [-0.4, -0.2) is 11.2 Å². The summed E-state index contributed by atoms with van der Waals surface area (Å²) in [5.41, 5.74) is 1.26. The van der Waals surface area contributed by atoms with E-state index < -0.39 is 0 Å². The van der Waals surface area contributed by atoms with Crippen LogP contribution in [0.25, 0.3) is 0 Å². The predicted octanol–water partition coefficient (Wildman–Crippen LogP) is 2.59. The van der Waals surface area contributed by atoms with E-state index in [0.717, 1.165) is 11.7 Å². The first-order valence-corrected chi connectivity index (χ1v) is 6.34. The molecular weight excluding hydrogens is 216 g/mol. The Labute approximate surface area is 102 Å². The Morgan fingerprint density at radius 2 is 1.88 bits per heavy atom. The predicted molar refractivity (Wildman–Crippen MR) is 71.3 cm³/mol. The van der Waals surface area contributed by atoms with Gasteiger partial charge < -0.3 is 10.6 Å². The summed E-state index contributed by atoms with van der Waals surface area (Å²) in [7, 11) is 0. The maximum atomic E-state index is 5.27. The SMILES string of the molecule is S=C(NCc1ccccc1)NC1CCCC1. The molecule has 0 aromatic heterocycles. The largest absolute Gasteiger partial charge is 0.360 e. The molecule has 1 saturated carbocycles. The fraction of sp³-hybridized carbons (Fsp3) is 0.462. The molecule has 0 aliphatic heterocycles. The van der Waals surface area contributed by atoms with Crippen molar-refractivity contribution >= 4 is 17.3 Å². The molecule has 2 nitrogen and oxygen atoms in total. The van der Waals surface area contributed by atoms with Gasteiger partial charge in [-0.05, 0) is 30.6 Å². The van der Waals surface area contributed by atoms with Crippen LogP contribution < -0.4 is 10.6 Å². The molecule has 0 heterocycles. The first-order chi connectivity index (χ1) is 7.84. The molecule has 1 aliphatic rings. The lowest BCUT2D eigenvalue weighted by molar-refractivity contribution is 0.621. The Morgan fingerprint density at radius 3 is 2.56 bits per heavy atom. The Balaban J connectivity index is 1.71. The quantitative estimate of drug-likeness (QED) is 0.786. The van der Waals surface area contributed by atoms with E-state index >= 15 is 0 Å². The molecule has 0 saturated heterocycles. The Hall–Kier alpha value is -1.09. The molecule has 1 fully saturated rings. The van der Waals surface area contributed by atoms with Crippen LogP contribution in [0.5, 0.6) is 0 Å². The molecule has 2 rings (SSSR count). The summed E-state index contributed by atoms with van der Waals surface area (Å²) < 4.78 is 0. The summed E-state index contributed by atoms with van der Waals surface area (Å²) in [6.07, 6.45) is 5.18. The minimum Gasteiger partial charge on any atom is -0.360 e. The molecule has 16 heavy (non-hydrogen) atoms. The van der Waals surface area contributed by atoms with Gasteiger partial charge in [0.1, 0.15) is 0 Å². The van der Waals surface area contributed by atoms with Crippen molar-refractivity contribution in [2.45, 2.75) is 38.3 Å². The Morgan fingerprint density at radius 1 is 1.19 bits per heavy atom. The summed E-state index contributed by atoms with van der Waals surface area (Å²) in [6.45, 7) is 0.805. The second-order valence-corrected chi connectivity index (χ2v) is 4.70. The second-order valence-electron chi connectivity index (χ2n) is 4.29. The maximum absolute atomic E-state index is 5.27. The van der Waals surface area contributed by atoms with Gasteiger partial charge in [0.05, 0.1) is 0 Å². The normalized spacial score (nSPS) is 16.0. The summed E-state index contributed by atoms with van der Waals surface area (Å²) in [4.78, 5) is 0. The van der Waals surface area contributed by atoms with E-state index in [4.69, 9.17) is 12.2 Å². The van der Waals surface area contributed by atoms with Crippen LogP contribution in [0.1, 0.15) is 31.2 Å². The molecule has 0 atom stereocenters. The lowest BCUT2D eigenvalue weighted by Crippen LogP contribution is -2.40. The fourth-order valence-electron chi connectivity index (χ4n) is 2.08. The van der Waals surface area contributed by atoms with Gasteiger partial charge in [0, 0.05) is 12.6 Å². The smallest absolute Gasteiger partial charge is 0.166 e. The van der Waals surface area contributed by atoms with Gasteiger partial charge in [-0.3, -0.25) is 0 Å². The van der Waals surface area contributed by atoms with E-state index in [0.29, 0.717) is 6.04 Å². The molecule has 86 valence electrons. The van der Waals surface area contributed by atoms with E-state index in [9.17, 15) is 0 Å². The van der Waals surface area contributed by atoms with Gasteiger partial charge in [-0.2, -0.15) is 0 Å². The molecule has 0 bridgehead atoms. The molecule has 0 spiro atoms. The molecule has 2 N–H and O–H groups in total.